The number of aromatic nitrogens is 4. The van der Waals surface area contributed by atoms with Crippen molar-refractivity contribution in [1.29, 1.82) is 0 Å². The van der Waals surface area contributed by atoms with E-state index in [1.165, 1.54) is 0 Å². The van der Waals surface area contributed by atoms with Crippen molar-refractivity contribution in [3.05, 3.63) is 29.2 Å². The summed E-state index contributed by atoms with van der Waals surface area (Å²) in [5, 5.41) is 16.9. The van der Waals surface area contributed by atoms with Crippen molar-refractivity contribution in [2.75, 3.05) is 11.9 Å². The van der Waals surface area contributed by atoms with Gasteiger partial charge >= 0.3 is 6.09 Å². The molecule has 3 rings (SSSR count). The van der Waals surface area contributed by atoms with Gasteiger partial charge in [0.2, 0.25) is 0 Å². The van der Waals surface area contributed by atoms with Crippen LogP contribution in [0.1, 0.15) is 60.4 Å². The first kappa shape index (κ1) is 18.9. The Balaban J connectivity index is 1.54. The van der Waals surface area contributed by atoms with E-state index in [1.807, 2.05) is 19.9 Å². The van der Waals surface area contributed by atoms with E-state index in [1.54, 1.807) is 17.8 Å². The molecule has 2 atom stereocenters. The Morgan fingerprint density at radius 1 is 1.37 bits per heavy atom. The van der Waals surface area contributed by atoms with Crippen molar-refractivity contribution in [3.63, 3.8) is 0 Å². The van der Waals surface area contributed by atoms with Crippen LogP contribution in [0.3, 0.4) is 0 Å². The van der Waals surface area contributed by atoms with Gasteiger partial charge in [-0.15, -0.1) is 0 Å². The Morgan fingerprint density at radius 3 is 2.89 bits per heavy atom. The number of nitrogens with one attached hydrogen (secondary N) is 3. The number of anilines is 1. The smallest absolute Gasteiger partial charge is 0.407 e. The number of ether oxygens (including phenoxy) is 1. The van der Waals surface area contributed by atoms with E-state index in [9.17, 15) is 9.59 Å². The summed E-state index contributed by atoms with van der Waals surface area (Å²) in [5.74, 6) is 0.446. The van der Waals surface area contributed by atoms with Gasteiger partial charge in [0.25, 0.3) is 5.91 Å². The molecule has 2 amide bonds. The summed E-state index contributed by atoms with van der Waals surface area (Å²) < 4.78 is 6.99. The molecule has 9 nitrogen and oxygen atoms in total. The molecule has 1 fully saturated rings. The highest BCUT2D eigenvalue weighted by Gasteiger charge is 2.30. The number of aromatic amines is 1. The standard InChI is InChI=1S/C18H26N6O3/c1-4-7-19-18(26)27-13-6-5-12(9-13)14-10-16(22-21-14)20-17(25)15-8-11(2)23-24(15)3/h8,10,12-13H,4-7,9H2,1-3H3,(H,19,26)(H2,20,21,22,25)/t12-,13+/m0/s1. The fourth-order valence-electron chi connectivity index (χ4n) is 3.36. The van der Waals surface area contributed by atoms with Crippen molar-refractivity contribution < 1.29 is 14.3 Å². The molecule has 3 N–H and O–H groups in total. The number of hydrogen-bond acceptors (Lipinski definition) is 5. The van der Waals surface area contributed by atoms with E-state index in [2.05, 4.69) is 25.9 Å². The Hall–Kier alpha value is -2.84. The number of rotatable bonds is 6. The van der Waals surface area contributed by atoms with Crippen molar-refractivity contribution in [1.82, 2.24) is 25.3 Å². The summed E-state index contributed by atoms with van der Waals surface area (Å²) in [7, 11) is 1.73. The van der Waals surface area contributed by atoms with Gasteiger partial charge in [-0.3, -0.25) is 14.6 Å². The van der Waals surface area contributed by atoms with E-state index in [-0.39, 0.29) is 24.0 Å². The van der Waals surface area contributed by atoms with Crippen LogP contribution in [0.15, 0.2) is 12.1 Å². The summed E-state index contributed by atoms with van der Waals surface area (Å²) in [6, 6.07) is 3.57. The highest BCUT2D eigenvalue weighted by atomic mass is 16.6. The first-order valence-electron chi connectivity index (χ1n) is 9.28. The van der Waals surface area contributed by atoms with Gasteiger partial charge in [0.15, 0.2) is 5.82 Å². The zero-order chi connectivity index (χ0) is 19.4. The molecule has 0 unspecified atom stereocenters. The predicted octanol–water partition coefficient (Wildman–Crippen LogP) is 2.48. The van der Waals surface area contributed by atoms with Crippen LogP contribution < -0.4 is 10.6 Å². The second-order valence-corrected chi connectivity index (χ2v) is 6.92. The highest BCUT2D eigenvalue weighted by Crippen LogP contribution is 2.35. The molecule has 9 heteroatoms. The van der Waals surface area contributed by atoms with Gasteiger partial charge in [-0.2, -0.15) is 10.2 Å². The number of carbonyl (C=O) groups is 2. The normalized spacial score (nSPS) is 19.1. The SMILES string of the molecule is CCCNC(=O)O[C@@H]1CC[C@H](c2cc(NC(=O)c3cc(C)nn3C)n[nH]2)C1. The number of nitrogens with zero attached hydrogens (tertiary/aromatic N) is 3. The first-order valence-corrected chi connectivity index (χ1v) is 9.28. The number of H-pyrrole nitrogens is 1. The number of amides is 2. The van der Waals surface area contributed by atoms with Gasteiger partial charge in [0, 0.05) is 31.3 Å². The minimum atomic E-state index is -0.355. The monoisotopic (exact) mass is 374 g/mol. The van der Waals surface area contributed by atoms with E-state index in [0.29, 0.717) is 18.1 Å². The van der Waals surface area contributed by atoms with Gasteiger partial charge in [-0.1, -0.05) is 6.92 Å². The van der Waals surface area contributed by atoms with Crippen LogP contribution >= 0.6 is 0 Å². The molecule has 1 aliphatic carbocycles. The largest absolute Gasteiger partial charge is 0.446 e. The molecule has 1 aliphatic rings. The zero-order valence-electron chi connectivity index (χ0n) is 15.9. The topological polar surface area (TPSA) is 114 Å². The summed E-state index contributed by atoms with van der Waals surface area (Å²) in [4.78, 5) is 24.0. The molecule has 2 aromatic rings. The molecule has 0 aromatic carbocycles. The van der Waals surface area contributed by atoms with Crippen LogP contribution in [0.4, 0.5) is 10.6 Å². The van der Waals surface area contributed by atoms with Crippen molar-refractivity contribution in [2.24, 2.45) is 7.05 Å². The molecule has 146 valence electrons. The molecule has 0 bridgehead atoms. The van der Waals surface area contributed by atoms with E-state index < -0.39 is 0 Å². The maximum atomic E-state index is 12.3. The molecule has 0 radical (unpaired) electrons. The molecule has 0 saturated heterocycles. The van der Waals surface area contributed by atoms with E-state index in [0.717, 1.165) is 37.1 Å². The molecule has 0 spiro atoms. The third-order valence-corrected chi connectivity index (χ3v) is 4.69. The van der Waals surface area contributed by atoms with Crippen LogP contribution in [0.2, 0.25) is 0 Å². The van der Waals surface area contributed by atoms with Crippen LogP contribution in [-0.2, 0) is 11.8 Å². The lowest BCUT2D eigenvalue weighted by Crippen LogP contribution is -2.28. The van der Waals surface area contributed by atoms with Crippen molar-refractivity contribution in [3.8, 4) is 0 Å². The molecule has 27 heavy (non-hydrogen) atoms. The minimum absolute atomic E-state index is 0.0920. The van der Waals surface area contributed by atoms with Crippen LogP contribution in [0.5, 0.6) is 0 Å². The molecular formula is C18H26N6O3. The lowest BCUT2D eigenvalue weighted by atomic mass is 10.0. The average molecular weight is 374 g/mol. The lowest BCUT2D eigenvalue weighted by molar-refractivity contribution is 0.0997. The van der Waals surface area contributed by atoms with Crippen molar-refractivity contribution in [2.45, 2.75) is 51.6 Å². The third kappa shape index (κ3) is 4.66. The quantitative estimate of drug-likeness (QED) is 0.719. The average Bonchev–Trinajstić information content (AvgIpc) is 3.33. The van der Waals surface area contributed by atoms with Crippen molar-refractivity contribution >= 4 is 17.8 Å². The van der Waals surface area contributed by atoms with Gasteiger partial charge < -0.3 is 15.4 Å². The number of carbonyl (C=O) groups excluding carboxylic acids is 2. The Kier molecular flexibility index (Phi) is 5.78. The highest BCUT2D eigenvalue weighted by molar-refractivity contribution is 6.02. The van der Waals surface area contributed by atoms with Crippen LogP contribution in [0, 0.1) is 6.92 Å². The number of hydrogen-bond donors (Lipinski definition) is 3. The summed E-state index contributed by atoms with van der Waals surface area (Å²) >= 11 is 0. The van der Waals surface area contributed by atoms with Crippen LogP contribution in [0.25, 0.3) is 0 Å². The molecular weight excluding hydrogens is 348 g/mol. The lowest BCUT2D eigenvalue weighted by Gasteiger charge is -2.12. The fraction of sp³-hybridized carbons (Fsp3) is 0.556. The first-order chi connectivity index (χ1) is 13.0. The van der Waals surface area contributed by atoms with Gasteiger partial charge in [-0.05, 0) is 38.7 Å². The Morgan fingerprint density at radius 2 is 2.19 bits per heavy atom. The van der Waals surface area contributed by atoms with Gasteiger partial charge in [-0.25, -0.2) is 4.79 Å². The second-order valence-electron chi connectivity index (χ2n) is 6.92. The second kappa shape index (κ2) is 8.24. The maximum Gasteiger partial charge on any atom is 0.407 e. The molecule has 2 aromatic heterocycles. The summed E-state index contributed by atoms with van der Waals surface area (Å²) in [6.45, 7) is 4.45. The molecule has 1 saturated carbocycles. The molecule has 2 heterocycles. The van der Waals surface area contributed by atoms with Crippen LogP contribution in [-0.4, -0.2) is 44.6 Å². The predicted molar refractivity (Wildman–Crippen MR) is 99.6 cm³/mol. The zero-order valence-corrected chi connectivity index (χ0v) is 15.9. The summed E-state index contributed by atoms with van der Waals surface area (Å²) in [5.41, 5.74) is 2.20. The fourth-order valence-corrected chi connectivity index (χ4v) is 3.36. The number of alkyl carbamates (subject to hydrolysis) is 1. The Labute approximate surface area is 157 Å². The van der Waals surface area contributed by atoms with Gasteiger partial charge in [0.1, 0.15) is 11.8 Å². The third-order valence-electron chi connectivity index (χ3n) is 4.69. The summed E-state index contributed by atoms with van der Waals surface area (Å²) in [6.07, 6.45) is 2.90. The van der Waals surface area contributed by atoms with Gasteiger partial charge in [0.05, 0.1) is 5.69 Å². The maximum absolute atomic E-state index is 12.3. The minimum Gasteiger partial charge on any atom is -0.446 e. The molecule has 0 aliphatic heterocycles. The Bertz CT molecular complexity index is 812. The van der Waals surface area contributed by atoms with E-state index in [4.69, 9.17) is 4.74 Å². The van der Waals surface area contributed by atoms with E-state index >= 15 is 0 Å². The number of aryl methyl sites for hydroxylation is 2.